The van der Waals surface area contributed by atoms with Crippen LogP contribution in [0.2, 0.25) is 0 Å². The molecule has 4 aliphatic carbocycles. The van der Waals surface area contributed by atoms with Crippen molar-refractivity contribution < 1.29 is 19.5 Å². The van der Waals surface area contributed by atoms with Crippen LogP contribution in [0.1, 0.15) is 51.9 Å². The molecule has 4 saturated carbocycles. The van der Waals surface area contributed by atoms with Gasteiger partial charge in [0.25, 0.3) is 0 Å². The van der Waals surface area contributed by atoms with E-state index in [-0.39, 0.29) is 30.3 Å². The largest absolute Gasteiger partial charge is 0.481 e. The van der Waals surface area contributed by atoms with Crippen LogP contribution in [0.3, 0.4) is 0 Å². The van der Waals surface area contributed by atoms with Crippen LogP contribution in [0.15, 0.2) is 0 Å². The maximum absolute atomic E-state index is 12.4. The molecule has 4 rings (SSSR count). The highest BCUT2D eigenvalue weighted by Crippen LogP contribution is 2.61. The van der Waals surface area contributed by atoms with Crippen LogP contribution in [0, 0.1) is 29.1 Å². The van der Waals surface area contributed by atoms with Gasteiger partial charge in [-0.3, -0.25) is 14.4 Å². The molecule has 0 saturated heterocycles. The molecule has 1 atom stereocenters. The van der Waals surface area contributed by atoms with Gasteiger partial charge in [0.1, 0.15) is 0 Å². The van der Waals surface area contributed by atoms with E-state index in [1.54, 1.807) is 14.0 Å². The minimum Gasteiger partial charge on any atom is -0.481 e. The van der Waals surface area contributed by atoms with E-state index in [0.29, 0.717) is 6.42 Å². The number of carboxylic acids is 1. The van der Waals surface area contributed by atoms with Crippen LogP contribution in [0.4, 0.5) is 0 Å². The summed E-state index contributed by atoms with van der Waals surface area (Å²) in [6.07, 6.45) is 8.13. The fourth-order valence-corrected chi connectivity index (χ4v) is 5.81. The Kier molecular flexibility index (Phi) is 5.07. The molecule has 25 heavy (non-hydrogen) atoms. The van der Waals surface area contributed by atoms with Crippen molar-refractivity contribution >= 4 is 17.8 Å². The van der Waals surface area contributed by atoms with Gasteiger partial charge < -0.3 is 15.3 Å². The number of likely N-dealkylation sites (N-methyl/N-ethyl adjacent to an activating group) is 1. The van der Waals surface area contributed by atoms with Crippen molar-refractivity contribution in [3.05, 3.63) is 0 Å². The van der Waals surface area contributed by atoms with Crippen LogP contribution in [0.25, 0.3) is 0 Å². The second-order valence-corrected chi connectivity index (χ2v) is 8.88. The van der Waals surface area contributed by atoms with E-state index in [0.717, 1.165) is 17.8 Å². The molecule has 0 aromatic carbocycles. The monoisotopic (exact) mass is 350 g/mol. The third-order valence-corrected chi connectivity index (χ3v) is 6.53. The molecular formula is C19H30N2O4. The standard InChI is InChI=1S/C19H30N2O4/c1-12(18(24)25)11-21(2)17(23)10-20-16(22)9-19-6-13-3-14(7-19)5-15(4-13)8-19/h12-15H,3-11H2,1-2H3,(H,20,22)(H,24,25). The van der Waals surface area contributed by atoms with Gasteiger partial charge in [-0.2, -0.15) is 0 Å². The van der Waals surface area contributed by atoms with E-state index < -0.39 is 11.9 Å². The Morgan fingerprint density at radius 2 is 1.64 bits per heavy atom. The van der Waals surface area contributed by atoms with Crippen LogP contribution >= 0.6 is 0 Å². The summed E-state index contributed by atoms with van der Waals surface area (Å²) < 4.78 is 0. The summed E-state index contributed by atoms with van der Waals surface area (Å²) in [6, 6.07) is 0. The van der Waals surface area contributed by atoms with Gasteiger partial charge in [0.05, 0.1) is 12.5 Å². The van der Waals surface area contributed by atoms with Gasteiger partial charge in [-0.05, 0) is 61.7 Å². The number of hydrogen-bond acceptors (Lipinski definition) is 3. The molecule has 6 nitrogen and oxygen atoms in total. The summed E-state index contributed by atoms with van der Waals surface area (Å²) >= 11 is 0. The summed E-state index contributed by atoms with van der Waals surface area (Å²) in [5, 5.41) is 11.7. The Hall–Kier alpha value is -1.59. The highest BCUT2D eigenvalue weighted by atomic mass is 16.4. The number of carboxylic acid groups (broad SMARTS) is 1. The number of carbonyl (C=O) groups excluding carboxylic acids is 2. The van der Waals surface area contributed by atoms with Crippen molar-refractivity contribution in [2.75, 3.05) is 20.1 Å². The molecule has 2 N–H and O–H groups in total. The second-order valence-electron chi connectivity index (χ2n) is 8.88. The zero-order valence-corrected chi connectivity index (χ0v) is 15.3. The smallest absolute Gasteiger partial charge is 0.308 e. The van der Waals surface area contributed by atoms with E-state index >= 15 is 0 Å². The fourth-order valence-electron chi connectivity index (χ4n) is 5.81. The normalized spacial score (nSPS) is 33.8. The molecule has 140 valence electrons. The SMILES string of the molecule is CC(CN(C)C(=O)CNC(=O)CC12CC3CC(CC(C3)C1)C2)C(=O)O. The number of rotatable bonds is 7. The fraction of sp³-hybridized carbons (Fsp3) is 0.842. The van der Waals surface area contributed by atoms with E-state index in [9.17, 15) is 14.4 Å². The summed E-state index contributed by atoms with van der Waals surface area (Å²) in [5.74, 6) is 0.613. The Bertz CT molecular complexity index is 524. The molecular weight excluding hydrogens is 320 g/mol. The molecule has 0 spiro atoms. The second kappa shape index (κ2) is 6.96. The zero-order valence-electron chi connectivity index (χ0n) is 15.3. The van der Waals surface area contributed by atoms with Crippen LogP contribution in [-0.2, 0) is 14.4 Å². The first kappa shape index (κ1) is 18.2. The molecule has 6 heteroatoms. The molecule has 0 radical (unpaired) electrons. The van der Waals surface area contributed by atoms with Gasteiger partial charge in [0.15, 0.2) is 0 Å². The van der Waals surface area contributed by atoms with Gasteiger partial charge in [-0.25, -0.2) is 0 Å². The number of nitrogens with one attached hydrogen (secondary N) is 1. The predicted molar refractivity (Wildman–Crippen MR) is 92.7 cm³/mol. The van der Waals surface area contributed by atoms with Gasteiger partial charge in [-0.1, -0.05) is 6.92 Å². The number of aliphatic carboxylic acids is 1. The lowest BCUT2D eigenvalue weighted by molar-refractivity contribution is -0.143. The Morgan fingerprint density at radius 3 is 2.12 bits per heavy atom. The molecule has 4 aliphatic rings. The minimum absolute atomic E-state index is 0.0324. The van der Waals surface area contributed by atoms with Crippen LogP contribution < -0.4 is 5.32 Å². The van der Waals surface area contributed by atoms with Crippen LogP contribution in [0.5, 0.6) is 0 Å². The van der Waals surface area contributed by atoms with Crippen molar-refractivity contribution in [1.82, 2.24) is 10.2 Å². The topological polar surface area (TPSA) is 86.7 Å². The first-order valence-electron chi connectivity index (χ1n) is 9.50. The molecule has 2 amide bonds. The Balaban J connectivity index is 1.45. The van der Waals surface area contributed by atoms with E-state index in [2.05, 4.69) is 5.32 Å². The van der Waals surface area contributed by atoms with Crippen molar-refractivity contribution in [1.29, 1.82) is 0 Å². The van der Waals surface area contributed by atoms with Crippen molar-refractivity contribution in [3.8, 4) is 0 Å². The van der Waals surface area contributed by atoms with E-state index in [1.807, 2.05) is 0 Å². The molecule has 4 bridgehead atoms. The molecule has 0 aromatic rings. The molecule has 0 aliphatic heterocycles. The minimum atomic E-state index is -0.925. The first-order chi connectivity index (χ1) is 11.8. The average molecular weight is 350 g/mol. The van der Waals surface area contributed by atoms with Crippen molar-refractivity contribution in [2.45, 2.75) is 51.9 Å². The molecule has 4 fully saturated rings. The lowest BCUT2D eigenvalue weighted by Crippen LogP contribution is -2.48. The van der Waals surface area contributed by atoms with Crippen molar-refractivity contribution in [3.63, 3.8) is 0 Å². The maximum Gasteiger partial charge on any atom is 0.308 e. The summed E-state index contributed by atoms with van der Waals surface area (Å²) in [6.45, 7) is 1.67. The highest BCUT2D eigenvalue weighted by Gasteiger charge is 2.51. The first-order valence-corrected chi connectivity index (χ1v) is 9.50. The van der Waals surface area contributed by atoms with Gasteiger partial charge in [-0.15, -0.1) is 0 Å². The third-order valence-electron chi connectivity index (χ3n) is 6.53. The van der Waals surface area contributed by atoms with E-state index in [1.165, 1.54) is 43.4 Å². The maximum atomic E-state index is 12.4. The van der Waals surface area contributed by atoms with Gasteiger partial charge in [0, 0.05) is 20.0 Å². The molecule has 0 heterocycles. The lowest BCUT2D eigenvalue weighted by Gasteiger charge is -2.56. The van der Waals surface area contributed by atoms with Crippen LogP contribution in [-0.4, -0.2) is 47.9 Å². The van der Waals surface area contributed by atoms with Crippen molar-refractivity contribution in [2.24, 2.45) is 29.1 Å². The number of nitrogens with zero attached hydrogens (tertiary/aromatic N) is 1. The Morgan fingerprint density at radius 1 is 1.12 bits per heavy atom. The predicted octanol–water partition coefficient (Wildman–Crippen LogP) is 1.89. The molecule has 1 unspecified atom stereocenters. The summed E-state index contributed by atoms with van der Waals surface area (Å²) in [5.41, 5.74) is 0.172. The summed E-state index contributed by atoms with van der Waals surface area (Å²) in [7, 11) is 1.58. The highest BCUT2D eigenvalue weighted by molar-refractivity contribution is 5.85. The summed E-state index contributed by atoms with van der Waals surface area (Å²) in [4.78, 5) is 36.7. The quantitative estimate of drug-likeness (QED) is 0.734. The van der Waals surface area contributed by atoms with Gasteiger partial charge in [0.2, 0.25) is 11.8 Å². The third kappa shape index (κ3) is 4.15. The number of hydrogen-bond donors (Lipinski definition) is 2. The van der Waals surface area contributed by atoms with E-state index in [4.69, 9.17) is 5.11 Å². The number of carbonyl (C=O) groups is 3. The molecule has 0 aromatic heterocycles. The number of amides is 2. The van der Waals surface area contributed by atoms with Gasteiger partial charge >= 0.3 is 5.97 Å². The Labute approximate surface area is 149 Å². The average Bonchev–Trinajstić information content (AvgIpc) is 2.50. The lowest BCUT2D eigenvalue weighted by atomic mass is 9.49. The zero-order chi connectivity index (χ0) is 18.2.